The molecule has 0 saturated heterocycles. The van der Waals surface area contributed by atoms with E-state index in [1.54, 1.807) is 48.8 Å². The number of nitriles is 1. The van der Waals surface area contributed by atoms with E-state index in [0.29, 0.717) is 27.3 Å². The van der Waals surface area contributed by atoms with E-state index in [0.717, 1.165) is 5.56 Å². The Bertz CT molecular complexity index is 886. The standard InChI is InChI=1S/C16H10Cl2N4O/c17-13-2-1-12(14(18)8-13)10-23-16-4-6-21-22(16)15-7-11(9-19)3-5-20-15/h1-8H,10H2. The first-order chi connectivity index (χ1) is 11.2. The van der Waals surface area contributed by atoms with Gasteiger partial charge in [0.15, 0.2) is 5.82 Å². The highest BCUT2D eigenvalue weighted by Crippen LogP contribution is 2.23. The maximum Gasteiger partial charge on any atom is 0.218 e. The van der Waals surface area contributed by atoms with Crippen LogP contribution in [0.4, 0.5) is 0 Å². The van der Waals surface area contributed by atoms with Crippen molar-refractivity contribution in [2.24, 2.45) is 0 Å². The Kier molecular flexibility index (Phi) is 4.47. The van der Waals surface area contributed by atoms with Gasteiger partial charge in [-0.25, -0.2) is 4.98 Å². The minimum absolute atomic E-state index is 0.264. The summed E-state index contributed by atoms with van der Waals surface area (Å²) < 4.78 is 7.28. The number of pyridine rings is 1. The van der Waals surface area contributed by atoms with Crippen molar-refractivity contribution in [3.63, 3.8) is 0 Å². The van der Waals surface area contributed by atoms with E-state index in [1.807, 2.05) is 0 Å². The summed E-state index contributed by atoms with van der Waals surface area (Å²) in [7, 11) is 0. The normalized spacial score (nSPS) is 10.3. The van der Waals surface area contributed by atoms with Crippen LogP contribution >= 0.6 is 23.2 Å². The fourth-order valence-electron chi connectivity index (χ4n) is 1.97. The van der Waals surface area contributed by atoms with Gasteiger partial charge in [0.25, 0.3) is 0 Å². The molecule has 7 heteroatoms. The second-order valence-electron chi connectivity index (χ2n) is 4.62. The van der Waals surface area contributed by atoms with E-state index < -0.39 is 0 Å². The molecule has 0 aliphatic heterocycles. The molecule has 0 unspecified atom stereocenters. The van der Waals surface area contributed by atoms with Crippen molar-refractivity contribution in [1.82, 2.24) is 14.8 Å². The Balaban J connectivity index is 1.82. The summed E-state index contributed by atoms with van der Waals surface area (Å²) in [6, 6.07) is 12.3. The Morgan fingerprint density at radius 2 is 2.00 bits per heavy atom. The van der Waals surface area contributed by atoms with E-state index in [2.05, 4.69) is 16.2 Å². The number of hydrogen-bond donors (Lipinski definition) is 0. The third-order valence-corrected chi connectivity index (χ3v) is 3.68. The summed E-state index contributed by atoms with van der Waals surface area (Å²) in [6.07, 6.45) is 3.15. The number of benzene rings is 1. The molecule has 23 heavy (non-hydrogen) atoms. The molecule has 0 fully saturated rings. The number of aromatic nitrogens is 3. The predicted molar refractivity (Wildman–Crippen MR) is 86.9 cm³/mol. The third-order valence-electron chi connectivity index (χ3n) is 3.09. The Morgan fingerprint density at radius 3 is 2.78 bits per heavy atom. The van der Waals surface area contributed by atoms with E-state index in [4.69, 9.17) is 33.2 Å². The first-order valence-electron chi connectivity index (χ1n) is 6.64. The molecule has 0 amide bonds. The minimum Gasteiger partial charge on any atom is -0.473 e. The highest BCUT2D eigenvalue weighted by atomic mass is 35.5. The smallest absolute Gasteiger partial charge is 0.218 e. The molecular weight excluding hydrogens is 335 g/mol. The average molecular weight is 345 g/mol. The second kappa shape index (κ2) is 6.69. The van der Waals surface area contributed by atoms with Gasteiger partial charge < -0.3 is 4.74 Å². The van der Waals surface area contributed by atoms with Crippen molar-refractivity contribution in [2.45, 2.75) is 6.61 Å². The molecule has 0 saturated carbocycles. The molecular formula is C16H10Cl2N4O. The maximum absolute atomic E-state index is 8.97. The first kappa shape index (κ1) is 15.3. The van der Waals surface area contributed by atoms with Crippen molar-refractivity contribution in [1.29, 1.82) is 5.26 Å². The molecule has 0 N–H and O–H groups in total. The Morgan fingerprint density at radius 1 is 1.13 bits per heavy atom. The van der Waals surface area contributed by atoms with Crippen molar-refractivity contribution in [3.05, 3.63) is 70.0 Å². The molecule has 5 nitrogen and oxygen atoms in total. The lowest BCUT2D eigenvalue weighted by Crippen LogP contribution is -2.05. The number of halogens is 2. The van der Waals surface area contributed by atoms with E-state index >= 15 is 0 Å². The molecule has 2 aromatic heterocycles. The topological polar surface area (TPSA) is 63.7 Å². The van der Waals surface area contributed by atoms with Crippen LogP contribution in [0.1, 0.15) is 11.1 Å². The quantitative estimate of drug-likeness (QED) is 0.716. The highest BCUT2D eigenvalue weighted by molar-refractivity contribution is 6.35. The largest absolute Gasteiger partial charge is 0.473 e. The van der Waals surface area contributed by atoms with Crippen LogP contribution in [0.3, 0.4) is 0 Å². The van der Waals surface area contributed by atoms with Crippen LogP contribution in [-0.2, 0) is 6.61 Å². The summed E-state index contributed by atoms with van der Waals surface area (Å²) in [4.78, 5) is 4.20. The molecule has 0 radical (unpaired) electrons. The van der Waals surface area contributed by atoms with Crippen LogP contribution in [0.15, 0.2) is 48.8 Å². The maximum atomic E-state index is 8.97. The zero-order valence-corrected chi connectivity index (χ0v) is 13.3. The Hall–Kier alpha value is -2.55. The molecule has 3 aromatic rings. The average Bonchev–Trinajstić information content (AvgIpc) is 3.02. The summed E-state index contributed by atoms with van der Waals surface area (Å²) >= 11 is 12.0. The van der Waals surface area contributed by atoms with Gasteiger partial charge in [0.1, 0.15) is 6.61 Å². The van der Waals surface area contributed by atoms with Crippen LogP contribution in [0.2, 0.25) is 10.0 Å². The zero-order chi connectivity index (χ0) is 16.2. The van der Waals surface area contributed by atoms with Crippen LogP contribution in [0.25, 0.3) is 5.82 Å². The molecule has 0 atom stereocenters. The van der Waals surface area contributed by atoms with Crippen molar-refractivity contribution >= 4 is 23.2 Å². The SMILES string of the molecule is N#Cc1ccnc(-n2nccc2OCc2ccc(Cl)cc2Cl)c1. The van der Waals surface area contributed by atoms with Crippen molar-refractivity contribution < 1.29 is 4.74 Å². The molecule has 0 spiro atoms. The molecule has 114 valence electrons. The van der Waals surface area contributed by atoms with Gasteiger partial charge in [-0.15, -0.1) is 0 Å². The van der Waals surface area contributed by atoms with Gasteiger partial charge in [-0.1, -0.05) is 29.3 Å². The molecule has 0 bridgehead atoms. The van der Waals surface area contributed by atoms with Crippen LogP contribution < -0.4 is 4.74 Å². The van der Waals surface area contributed by atoms with Crippen LogP contribution in [0, 0.1) is 11.3 Å². The van der Waals surface area contributed by atoms with E-state index in [-0.39, 0.29) is 6.61 Å². The molecule has 0 aliphatic carbocycles. The molecule has 3 rings (SSSR count). The van der Waals surface area contributed by atoms with Gasteiger partial charge in [0, 0.05) is 33.9 Å². The van der Waals surface area contributed by atoms with Gasteiger partial charge in [-0.3, -0.25) is 0 Å². The molecule has 2 heterocycles. The molecule has 0 aliphatic rings. The number of nitrogens with zero attached hydrogens (tertiary/aromatic N) is 4. The van der Waals surface area contributed by atoms with Crippen LogP contribution in [0.5, 0.6) is 5.88 Å². The third kappa shape index (κ3) is 3.45. The van der Waals surface area contributed by atoms with E-state index in [1.165, 1.54) is 4.68 Å². The van der Waals surface area contributed by atoms with Gasteiger partial charge >= 0.3 is 0 Å². The lowest BCUT2D eigenvalue weighted by atomic mass is 10.2. The lowest BCUT2D eigenvalue weighted by Gasteiger charge is -2.10. The second-order valence-corrected chi connectivity index (χ2v) is 5.46. The summed E-state index contributed by atoms with van der Waals surface area (Å²) in [5.74, 6) is 1.00. The fraction of sp³-hybridized carbons (Fsp3) is 0.0625. The summed E-state index contributed by atoms with van der Waals surface area (Å²) in [5.41, 5.74) is 1.31. The van der Waals surface area contributed by atoms with Gasteiger partial charge in [0.05, 0.1) is 17.8 Å². The summed E-state index contributed by atoms with van der Waals surface area (Å²) in [5, 5.41) is 14.3. The minimum atomic E-state index is 0.264. The van der Waals surface area contributed by atoms with Crippen molar-refractivity contribution in [2.75, 3.05) is 0 Å². The fourth-order valence-corrected chi connectivity index (χ4v) is 2.43. The van der Waals surface area contributed by atoms with Gasteiger partial charge in [0.2, 0.25) is 5.88 Å². The predicted octanol–water partition coefficient (Wildman–Crippen LogP) is 4.02. The number of ether oxygens (including phenoxy) is 1. The van der Waals surface area contributed by atoms with Gasteiger partial charge in [-0.05, 0) is 18.2 Å². The highest BCUT2D eigenvalue weighted by Gasteiger charge is 2.09. The Labute approximate surface area is 142 Å². The lowest BCUT2D eigenvalue weighted by molar-refractivity contribution is 0.284. The number of hydrogen-bond acceptors (Lipinski definition) is 4. The van der Waals surface area contributed by atoms with Crippen molar-refractivity contribution in [3.8, 4) is 17.8 Å². The molecule has 1 aromatic carbocycles. The van der Waals surface area contributed by atoms with Gasteiger partial charge in [-0.2, -0.15) is 15.0 Å². The summed E-state index contributed by atoms with van der Waals surface area (Å²) in [6.45, 7) is 0.264. The van der Waals surface area contributed by atoms with E-state index in [9.17, 15) is 0 Å². The first-order valence-corrected chi connectivity index (χ1v) is 7.40. The van der Waals surface area contributed by atoms with Crippen LogP contribution in [-0.4, -0.2) is 14.8 Å². The monoisotopic (exact) mass is 344 g/mol. The zero-order valence-electron chi connectivity index (χ0n) is 11.8. The number of rotatable bonds is 4.